The molecule has 0 saturated heterocycles. The van der Waals surface area contributed by atoms with E-state index in [2.05, 4.69) is 12.1 Å². The van der Waals surface area contributed by atoms with Gasteiger partial charge >= 0.3 is 0 Å². The van der Waals surface area contributed by atoms with Crippen molar-refractivity contribution in [3.63, 3.8) is 0 Å². The van der Waals surface area contributed by atoms with E-state index in [-0.39, 0.29) is 11.6 Å². The first-order valence-electron chi connectivity index (χ1n) is 12.0. The van der Waals surface area contributed by atoms with Gasteiger partial charge in [0.15, 0.2) is 0 Å². The number of benzene rings is 4. The fourth-order valence-electron chi connectivity index (χ4n) is 4.01. The third kappa shape index (κ3) is 7.97. The molecule has 0 bridgehead atoms. The largest absolute Gasteiger partial charge is 0.218 e. The SMILES string of the molecule is Fc1cccc(CN(Cc2ccccc2F)N(CCc2ccc(Cl)cc2)[N]CCc2ccccc2)c1. The van der Waals surface area contributed by atoms with E-state index in [1.54, 1.807) is 18.2 Å². The molecule has 0 aliphatic heterocycles. The summed E-state index contributed by atoms with van der Waals surface area (Å²) < 4.78 is 28.6. The van der Waals surface area contributed by atoms with Crippen molar-refractivity contribution in [3.8, 4) is 0 Å². The van der Waals surface area contributed by atoms with Crippen LogP contribution in [0.1, 0.15) is 22.3 Å². The van der Waals surface area contributed by atoms with E-state index in [4.69, 9.17) is 17.0 Å². The quantitative estimate of drug-likeness (QED) is 0.197. The summed E-state index contributed by atoms with van der Waals surface area (Å²) in [6.07, 6.45) is 1.51. The van der Waals surface area contributed by atoms with Gasteiger partial charge < -0.3 is 0 Å². The fraction of sp³-hybridized carbons (Fsp3) is 0.200. The first kappa shape index (κ1) is 26.0. The first-order valence-corrected chi connectivity index (χ1v) is 12.4. The lowest BCUT2D eigenvalue weighted by Gasteiger charge is -2.34. The van der Waals surface area contributed by atoms with E-state index >= 15 is 0 Å². The predicted octanol–water partition coefficient (Wildman–Crippen LogP) is 6.84. The molecule has 0 unspecified atom stereocenters. The third-order valence-electron chi connectivity index (χ3n) is 5.91. The number of hydrazine groups is 1. The second-order valence-electron chi connectivity index (χ2n) is 8.62. The molecule has 4 aromatic carbocycles. The van der Waals surface area contributed by atoms with Crippen LogP contribution in [0.5, 0.6) is 0 Å². The van der Waals surface area contributed by atoms with Crippen LogP contribution in [0.3, 0.4) is 0 Å². The molecular weight excluding hydrogens is 476 g/mol. The highest BCUT2D eigenvalue weighted by atomic mass is 35.5. The van der Waals surface area contributed by atoms with Crippen LogP contribution in [0.25, 0.3) is 0 Å². The molecule has 4 aromatic rings. The third-order valence-corrected chi connectivity index (χ3v) is 6.16. The van der Waals surface area contributed by atoms with Crippen LogP contribution in [0, 0.1) is 11.6 Å². The molecule has 4 rings (SSSR count). The summed E-state index contributed by atoms with van der Waals surface area (Å²) in [5, 5.41) is 4.58. The Labute approximate surface area is 216 Å². The van der Waals surface area contributed by atoms with Gasteiger partial charge in [-0.2, -0.15) is 5.12 Å². The molecular formula is C30H29ClF2N3. The Kier molecular flexibility index (Phi) is 9.59. The smallest absolute Gasteiger partial charge is 0.127 e. The van der Waals surface area contributed by atoms with Gasteiger partial charge in [-0.1, -0.05) is 84.4 Å². The van der Waals surface area contributed by atoms with Crippen LogP contribution in [-0.4, -0.2) is 23.2 Å². The van der Waals surface area contributed by atoms with E-state index < -0.39 is 0 Å². The number of hydrogen-bond acceptors (Lipinski definition) is 2. The minimum atomic E-state index is -0.299. The number of halogens is 3. The maximum absolute atomic E-state index is 14.6. The molecule has 0 amide bonds. The van der Waals surface area contributed by atoms with E-state index in [1.165, 1.54) is 23.8 Å². The molecule has 6 heteroatoms. The lowest BCUT2D eigenvalue weighted by Crippen LogP contribution is -2.48. The van der Waals surface area contributed by atoms with Crippen molar-refractivity contribution in [3.05, 3.63) is 142 Å². The molecule has 0 heterocycles. The van der Waals surface area contributed by atoms with Gasteiger partial charge in [0.25, 0.3) is 0 Å². The zero-order chi connectivity index (χ0) is 25.2. The van der Waals surface area contributed by atoms with Crippen molar-refractivity contribution >= 4 is 11.6 Å². The molecule has 0 saturated carbocycles. The molecule has 36 heavy (non-hydrogen) atoms. The van der Waals surface area contributed by atoms with Gasteiger partial charge in [-0.15, -0.1) is 5.43 Å². The van der Waals surface area contributed by atoms with Gasteiger partial charge in [0.2, 0.25) is 0 Å². The van der Waals surface area contributed by atoms with Crippen molar-refractivity contribution < 1.29 is 8.78 Å². The summed E-state index contributed by atoms with van der Waals surface area (Å²) in [4.78, 5) is 0. The Morgan fingerprint density at radius 2 is 1.36 bits per heavy atom. The topological polar surface area (TPSA) is 20.6 Å². The maximum atomic E-state index is 14.6. The molecule has 0 aliphatic carbocycles. The summed E-state index contributed by atoms with van der Waals surface area (Å²) in [5.41, 5.74) is 8.59. The van der Waals surface area contributed by atoms with Crippen LogP contribution in [0.15, 0.2) is 103 Å². The van der Waals surface area contributed by atoms with Gasteiger partial charge in [-0.3, -0.25) is 0 Å². The molecule has 0 atom stereocenters. The van der Waals surface area contributed by atoms with Crippen LogP contribution in [-0.2, 0) is 25.9 Å². The van der Waals surface area contributed by atoms with E-state index in [0.717, 1.165) is 24.0 Å². The monoisotopic (exact) mass is 504 g/mol. The Bertz CT molecular complexity index is 1220. The van der Waals surface area contributed by atoms with Crippen molar-refractivity contribution in [1.29, 1.82) is 0 Å². The molecule has 3 nitrogen and oxygen atoms in total. The van der Waals surface area contributed by atoms with Gasteiger partial charge in [0.1, 0.15) is 11.6 Å². The Morgan fingerprint density at radius 1 is 0.667 bits per heavy atom. The van der Waals surface area contributed by atoms with E-state index in [1.807, 2.05) is 64.7 Å². The molecule has 0 fully saturated rings. The van der Waals surface area contributed by atoms with E-state index in [0.29, 0.717) is 36.8 Å². The zero-order valence-electron chi connectivity index (χ0n) is 20.0. The molecule has 185 valence electrons. The minimum Gasteiger partial charge on any atom is -0.218 e. The Morgan fingerprint density at radius 3 is 2.11 bits per heavy atom. The Balaban J connectivity index is 1.56. The summed E-state index contributed by atoms with van der Waals surface area (Å²) in [6.45, 7) is 1.85. The fourth-order valence-corrected chi connectivity index (χ4v) is 4.14. The molecule has 0 aromatic heterocycles. The summed E-state index contributed by atoms with van der Waals surface area (Å²) >= 11 is 6.06. The first-order chi connectivity index (χ1) is 17.6. The van der Waals surface area contributed by atoms with Gasteiger partial charge in [-0.25, -0.2) is 13.8 Å². The van der Waals surface area contributed by atoms with Crippen molar-refractivity contribution in [2.45, 2.75) is 25.9 Å². The molecule has 0 aliphatic rings. The number of hydrogen-bond donors (Lipinski definition) is 0. The average molecular weight is 505 g/mol. The highest BCUT2D eigenvalue weighted by Crippen LogP contribution is 2.17. The Hall–Kier alpha value is -3.09. The normalized spacial score (nSPS) is 11.4. The lowest BCUT2D eigenvalue weighted by molar-refractivity contribution is -0.0884. The summed E-state index contributed by atoms with van der Waals surface area (Å²) in [5.74, 6) is -0.573. The highest BCUT2D eigenvalue weighted by Gasteiger charge is 2.19. The van der Waals surface area contributed by atoms with Crippen molar-refractivity contribution in [2.75, 3.05) is 13.1 Å². The second-order valence-corrected chi connectivity index (χ2v) is 9.05. The molecule has 1 radical (unpaired) electrons. The van der Waals surface area contributed by atoms with Gasteiger partial charge in [-0.05, 0) is 59.9 Å². The van der Waals surface area contributed by atoms with Crippen LogP contribution >= 0.6 is 11.6 Å². The molecule has 0 spiro atoms. The number of nitrogens with zero attached hydrogens (tertiary/aromatic N) is 3. The standard InChI is InChI=1S/C30H29ClF2N3/c31-28-15-13-25(14-16-28)18-20-36(34-19-17-24-7-2-1-3-8-24)35(22-26-9-6-11-29(32)21-26)23-27-10-4-5-12-30(27)33/h1-16,21H,17-20,22-23H2. The molecule has 0 N–H and O–H groups in total. The van der Waals surface area contributed by atoms with Crippen molar-refractivity contribution in [2.24, 2.45) is 0 Å². The van der Waals surface area contributed by atoms with Crippen LogP contribution in [0.4, 0.5) is 8.78 Å². The average Bonchev–Trinajstić information content (AvgIpc) is 2.89. The maximum Gasteiger partial charge on any atom is 0.127 e. The highest BCUT2D eigenvalue weighted by molar-refractivity contribution is 6.30. The van der Waals surface area contributed by atoms with Gasteiger partial charge in [0.05, 0.1) is 0 Å². The second kappa shape index (κ2) is 13.3. The summed E-state index contributed by atoms with van der Waals surface area (Å²) in [7, 11) is 0. The van der Waals surface area contributed by atoms with Gasteiger partial charge in [0, 0.05) is 36.8 Å². The predicted molar refractivity (Wildman–Crippen MR) is 141 cm³/mol. The zero-order valence-corrected chi connectivity index (χ0v) is 20.8. The summed E-state index contributed by atoms with van der Waals surface area (Å²) in [6, 6.07) is 31.2. The van der Waals surface area contributed by atoms with Crippen molar-refractivity contribution in [1.82, 2.24) is 15.6 Å². The van der Waals surface area contributed by atoms with Crippen LogP contribution < -0.4 is 5.43 Å². The lowest BCUT2D eigenvalue weighted by atomic mass is 10.1. The minimum absolute atomic E-state index is 0.274. The van der Waals surface area contributed by atoms with E-state index in [9.17, 15) is 8.78 Å². The van der Waals surface area contributed by atoms with Crippen LogP contribution in [0.2, 0.25) is 5.02 Å². The number of rotatable bonds is 12.